The van der Waals surface area contributed by atoms with Gasteiger partial charge in [-0.05, 0) is 25.5 Å². The van der Waals surface area contributed by atoms with Crippen LogP contribution in [-0.4, -0.2) is 37.4 Å². The number of nitrogens with zero attached hydrogens (tertiary/aromatic N) is 1. The number of hydrogen-bond donors (Lipinski definition) is 1. The molecule has 0 aliphatic carbocycles. The van der Waals surface area contributed by atoms with Gasteiger partial charge in [0.05, 0.1) is 6.61 Å². The van der Waals surface area contributed by atoms with Crippen molar-refractivity contribution in [3.63, 3.8) is 0 Å². The Morgan fingerprint density at radius 2 is 2.17 bits per heavy atom. The van der Waals surface area contributed by atoms with E-state index in [2.05, 4.69) is 0 Å². The quantitative estimate of drug-likeness (QED) is 0.866. The molecule has 1 aliphatic rings. The minimum atomic E-state index is -0.797. The van der Waals surface area contributed by atoms with Crippen LogP contribution in [0.15, 0.2) is 24.3 Å². The molecule has 0 radical (unpaired) electrons. The number of aryl methyl sites for hydroxylation is 1. The highest BCUT2D eigenvalue weighted by Crippen LogP contribution is 2.20. The Kier molecular flexibility index (Phi) is 4.20. The van der Waals surface area contributed by atoms with Crippen LogP contribution in [0.5, 0.6) is 0 Å². The van der Waals surface area contributed by atoms with Gasteiger partial charge in [-0.15, -0.1) is 0 Å². The largest absolute Gasteiger partial charge is 0.480 e. The van der Waals surface area contributed by atoms with E-state index >= 15 is 0 Å². The molecule has 1 saturated heterocycles. The monoisotopic (exact) mass is 249 g/mol. The first-order chi connectivity index (χ1) is 8.65. The van der Waals surface area contributed by atoms with E-state index in [1.54, 1.807) is 0 Å². The molecule has 2 rings (SSSR count). The summed E-state index contributed by atoms with van der Waals surface area (Å²) in [6.45, 7) is 4.34. The third-order valence-corrected chi connectivity index (χ3v) is 3.23. The molecule has 1 heterocycles. The fourth-order valence-electron chi connectivity index (χ4n) is 2.22. The fraction of sp³-hybridized carbons (Fsp3) is 0.500. The summed E-state index contributed by atoms with van der Waals surface area (Å²) in [5.41, 5.74) is 2.15. The van der Waals surface area contributed by atoms with Crippen LogP contribution in [0.3, 0.4) is 0 Å². The molecule has 0 aromatic heterocycles. The number of carbonyl (C=O) groups is 1. The Morgan fingerprint density at radius 3 is 2.72 bits per heavy atom. The van der Waals surface area contributed by atoms with Gasteiger partial charge in [0.2, 0.25) is 0 Å². The smallest absolute Gasteiger partial charge is 0.323 e. The van der Waals surface area contributed by atoms with Gasteiger partial charge in [0.25, 0.3) is 0 Å². The molecular formula is C14H19NO3. The Morgan fingerprint density at radius 1 is 1.44 bits per heavy atom. The van der Waals surface area contributed by atoms with Crippen LogP contribution in [0.2, 0.25) is 0 Å². The first-order valence-corrected chi connectivity index (χ1v) is 6.26. The average Bonchev–Trinajstić information content (AvgIpc) is 2.81. The molecule has 4 nitrogen and oxygen atoms in total. The second-order valence-electron chi connectivity index (χ2n) is 4.84. The van der Waals surface area contributed by atoms with Crippen LogP contribution in [0.4, 0.5) is 5.69 Å². The Bertz CT molecular complexity index is 396. The number of aliphatic carboxylic acids is 1. The summed E-state index contributed by atoms with van der Waals surface area (Å²) in [6.07, 6.45) is 1.02. The van der Waals surface area contributed by atoms with Crippen molar-refractivity contribution >= 4 is 11.7 Å². The van der Waals surface area contributed by atoms with E-state index in [9.17, 15) is 4.79 Å². The first kappa shape index (κ1) is 12.9. The van der Waals surface area contributed by atoms with E-state index in [1.165, 1.54) is 5.56 Å². The molecule has 0 amide bonds. The van der Waals surface area contributed by atoms with Crippen LogP contribution in [0, 0.1) is 12.8 Å². The van der Waals surface area contributed by atoms with Crippen molar-refractivity contribution in [1.29, 1.82) is 0 Å². The minimum Gasteiger partial charge on any atom is -0.480 e. The van der Waals surface area contributed by atoms with E-state index in [4.69, 9.17) is 9.84 Å². The van der Waals surface area contributed by atoms with E-state index in [0.717, 1.165) is 31.9 Å². The van der Waals surface area contributed by atoms with Gasteiger partial charge in [0.1, 0.15) is 6.54 Å². The SMILES string of the molecule is Cc1ccc(N(CC(=O)O)CC2CCOC2)cc1. The lowest BCUT2D eigenvalue weighted by Gasteiger charge is -2.25. The maximum Gasteiger partial charge on any atom is 0.323 e. The zero-order chi connectivity index (χ0) is 13.0. The molecule has 0 spiro atoms. The van der Waals surface area contributed by atoms with Crippen molar-refractivity contribution < 1.29 is 14.6 Å². The minimum absolute atomic E-state index is 0.0412. The lowest BCUT2D eigenvalue weighted by Crippen LogP contribution is -2.34. The van der Waals surface area contributed by atoms with E-state index in [1.807, 2.05) is 36.1 Å². The number of carboxylic acid groups (broad SMARTS) is 1. The first-order valence-electron chi connectivity index (χ1n) is 6.26. The van der Waals surface area contributed by atoms with Crippen molar-refractivity contribution in [3.05, 3.63) is 29.8 Å². The summed E-state index contributed by atoms with van der Waals surface area (Å²) >= 11 is 0. The fourth-order valence-corrected chi connectivity index (χ4v) is 2.22. The van der Waals surface area contributed by atoms with Gasteiger partial charge in [-0.25, -0.2) is 0 Å². The lowest BCUT2D eigenvalue weighted by atomic mass is 10.1. The molecular weight excluding hydrogens is 230 g/mol. The Labute approximate surface area is 107 Å². The molecule has 1 fully saturated rings. The standard InChI is InChI=1S/C14H19NO3/c1-11-2-4-13(5-3-11)15(9-14(16)17)8-12-6-7-18-10-12/h2-5,12H,6-10H2,1H3,(H,16,17). The summed E-state index contributed by atoms with van der Waals surface area (Å²) in [6, 6.07) is 7.98. The van der Waals surface area contributed by atoms with Gasteiger partial charge in [-0.2, -0.15) is 0 Å². The van der Waals surface area contributed by atoms with E-state index in [-0.39, 0.29) is 6.54 Å². The summed E-state index contributed by atoms with van der Waals surface area (Å²) in [5, 5.41) is 9.00. The zero-order valence-corrected chi connectivity index (χ0v) is 10.6. The summed E-state index contributed by atoms with van der Waals surface area (Å²) in [7, 11) is 0. The Balaban J connectivity index is 2.07. The van der Waals surface area contributed by atoms with Crippen LogP contribution in [0.1, 0.15) is 12.0 Å². The summed E-state index contributed by atoms with van der Waals surface area (Å²) < 4.78 is 5.34. The van der Waals surface area contributed by atoms with Gasteiger partial charge in [0.15, 0.2) is 0 Å². The summed E-state index contributed by atoms with van der Waals surface area (Å²) in [4.78, 5) is 12.9. The molecule has 1 aromatic rings. The molecule has 0 saturated carbocycles. The highest BCUT2D eigenvalue weighted by molar-refractivity contribution is 5.73. The number of benzene rings is 1. The van der Waals surface area contributed by atoms with Gasteiger partial charge in [-0.1, -0.05) is 17.7 Å². The van der Waals surface area contributed by atoms with E-state index in [0.29, 0.717) is 5.92 Å². The molecule has 98 valence electrons. The molecule has 18 heavy (non-hydrogen) atoms. The molecule has 4 heteroatoms. The van der Waals surface area contributed by atoms with Crippen molar-refractivity contribution in [2.24, 2.45) is 5.92 Å². The van der Waals surface area contributed by atoms with Gasteiger partial charge in [-0.3, -0.25) is 4.79 Å². The average molecular weight is 249 g/mol. The van der Waals surface area contributed by atoms with Gasteiger partial charge in [0, 0.05) is 24.8 Å². The molecule has 1 aliphatic heterocycles. The van der Waals surface area contributed by atoms with Crippen LogP contribution >= 0.6 is 0 Å². The maximum absolute atomic E-state index is 11.0. The highest BCUT2D eigenvalue weighted by atomic mass is 16.5. The lowest BCUT2D eigenvalue weighted by molar-refractivity contribution is -0.135. The summed E-state index contributed by atoms with van der Waals surface area (Å²) in [5.74, 6) is -0.361. The number of hydrogen-bond acceptors (Lipinski definition) is 3. The Hall–Kier alpha value is -1.55. The van der Waals surface area contributed by atoms with Gasteiger partial charge >= 0.3 is 5.97 Å². The zero-order valence-electron chi connectivity index (χ0n) is 10.6. The number of carboxylic acids is 1. The molecule has 0 bridgehead atoms. The topological polar surface area (TPSA) is 49.8 Å². The maximum atomic E-state index is 11.0. The molecule has 1 unspecified atom stereocenters. The van der Waals surface area contributed by atoms with Gasteiger partial charge < -0.3 is 14.7 Å². The van der Waals surface area contributed by atoms with Crippen molar-refractivity contribution in [2.45, 2.75) is 13.3 Å². The van der Waals surface area contributed by atoms with Crippen molar-refractivity contribution in [2.75, 3.05) is 31.2 Å². The van der Waals surface area contributed by atoms with E-state index < -0.39 is 5.97 Å². The second kappa shape index (κ2) is 5.87. The normalized spacial score (nSPS) is 18.8. The number of anilines is 1. The second-order valence-corrected chi connectivity index (χ2v) is 4.84. The number of rotatable bonds is 5. The number of ether oxygens (including phenoxy) is 1. The van der Waals surface area contributed by atoms with Crippen molar-refractivity contribution in [1.82, 2.24) is 0 Å². The molecule has 1 N–H and O–H groups in total. The molecule has 1 aromatic carbocycles. The molecule has 1 atom stereocenters. The van der Waals surface area contributed by atoms with Crippen LogP contribution in [0.25, 0.3) is 0 Å². The third kappa shape index (κ3) is 3.47. The van der Waals surface area contributed by atoms with Crippen LogP contribution in [-0.2, 0) is 9.53 Å². The highest BCUT2D eigenvalue weighted by Gasteiger charge is 2.20. The van der Waals surface area contributed by atoms with Crippen molar-refractivity contribution in [3.8, 4) is 0 Å². The predicted molar refractivity (Wildman–Crippen MR) is 70.0 cm³/mol. The van der Waals surface area contributed by atoms with Crippen LogP contribution < -0.4 is 4.90 Å². The predicted octanol–water partition coefficient (Wildman–Crippen LogP) is 1.92. The third-order valence-electron chi connectivity index (χ3n) is 3.23.